The number of fused-ring (bicyclic) bond motifs is 15. The molecule has 2 aliphatic carbocycles. The van der Waals surface area contributed by atoms with Crippen LogP contribution in [-0.2, 0) is 5.41 Å². The first-order valence-corrected chi connectivity index (χ1v) is 16.4. The van der Waals surface area contributed by atoms with E-state index in [9.17, 15) is 0 Å². The molecule has 0 atom stereocenters. The molecule has 224 valence electrons. The molecule has 3 heteroatoms. The molecule has 11 rings (SSSR count). The van der Waals surface area contributed by atoms with E-state index in [1.54, 1.807) is 0 Å². The van der Waals surface area contributed by atoms with Gasteiger partial charge >= 0.3 is 0 Å². The van der Waals surface area contributed by atoms with E-state index in [1.807, 2.05) is 12.1 Å². The van der Waals surface area contributed by atoms with Crippen LogP contribution in [0, 0.1) is 0 Å². The maximum absolute atomic E-state index is 6.97. The molecule has 3 nitrogen and oxygen atoms in total. The molecule has 0 amide bonds. The first kappa shape index (κ1) is 25.8. The van der Waals surface area contributed by atoms with E-state index in [-0.39, 0.29) is 0 Å². The molecule has 0 radical (unpaired) electrons. The molecule has 0 saturated heterocycles. The van der Waals surface area contributed by atoms with Crippen molar-refractivity contribution in [1.29, 1.82) is 0 Å². The summed E-state index contributed by atoms with van der Waals surface area (Å²) >= 11 is 0. The highest BCUT2D eigenvalue weighted by Gasteiger charge is 2.55. The van der Waals surface area contributed by atoms with Crippen molar-refractivity contribution in [3.05, 3.63) is 186 Å². The normalized spacial score (nSPS) is 13.6. The average Bonchev–Trinajstić information content (AvgIpc) is 3.87. The number of anilines is 3. The van der Waals surface area contributed by atoms with Gasteiger partial charge in [0.2, 0.25) is 0 Å². The second kappa shape index (κ2) is 9.37. The predicted molar refractivity (Wildman–Crippen MR) is 194 cm³/mol. The fourth-order valence-corrected chi connectivity index (χ4v) is 8.55. The summed E-state index contributed by atoms with van der Waals surface area (Å²) in [5.74, 6) is 1.00. The summed E-state index contributed by atoms with van der Waals surface area (Å²) in [6.45, 7) is 0. The number of furan rings is 2. The fourth-order valence-electron chi connectivity index (χ4n) is 8.55. The SMILES string of the molecule is c1ccc(N(c2ccc3c(c2)-c2c(oc4ccccc24)C32c3ccccc3-c3ccccc32)c2ccc3c(c2)oc2ccccc23)cc1. The van der Waals surface area contributed by atoms with Crippen LogP contribution in [0.3, 0.4) is 0 Å². The Kier molecular flexibility index (Phi) is 5.04. The van der Waals surface area contributed by atoms with Crippen LogP contribution in [0.1, 0.15) is 22.5 Å². The summed E-state index contributed by atoms with van der Waals surface area (Å²) in [7, 11) is 0. The van der Waals surface area contributed by atoms with Gasteiger partial charge in [-0.2, -0.15) is 0 Å². The molecule has 1 spiro atoms. The molecule has 0 fully saturated rings. The van der Waals surface area contributed by atoms with Crippen LogP contribution in [0.25, 0.3) is 55.2 Å². The first-order valence-electron chi connectivity index (χ1n) is 16.4. The van der Waals surface area contributed by atoms with Crippen molar-refractivity contribution in [2.75, 3.05) is 4.90 Å². The van der Waals surface area contributed by atoms with E-state index in [1.165, 1.54) is 38.9 Å². The average molecular weight is 614 g/mol. The van der Waals surface area contributed by atoms with E-state index in [0.717, 1.165) is 55.7 Å². The van der Waals surface area contributed by atoms with Crippen molar-refractivity contribution >= 4 is 50.0 Å². The Bertz CT molecular complexity index is 2700. The van der Waals surface area contributed by atoms with Gasteiger partial charge in [-0.3, -0.25) is 0 Å². The van der Waals surface area contributed by atoms with Crippen molar-refractivity contribution in [3.8, 4) is 22.3 Å². The van der Waals surface area contributed by atoms with Gasteiger partial charge in [-0.25, -0.2) is 0 Å². The van der Waals surface area contributed by atoms with Crippen LogP contribution in [0.4, 0.5) is 17.1 Å². The molecule has 0 saturated carbocycles. The molecular weight excluding hydrogens is 587 g/mol. The van der Waals surface area contributed by atoms with Gasteiger partial charge in [0, 0.05) is 44.9 Å². The van der Waals surface area contributed by atoms with E-state index in [2.05, 4.69) is 157 Å². The van der Waals surface area contributed by atoms with Crippen LogP contribution in [0.2, 0.25) is 0 Å². The lowest BCUT2D eigenvalue weighted by Gasteiger charge is -2.29. The highest BCUT2D eigenvalue weighted by atomic mass is 16.3. The quantitative estimate of drug-likeness (QED) is 0.199. The molecule has 9 aromatic rings. The summed E-state index contributed by atoms with van der Waals surface area (Å²) < 4.78 is 13.3. The molecule has 7 aromatic carbocycles. The van der Waals surface area contributed by atoms with Crippen molar-refractivity contribution < 1.29 is 8.83 Å². The standard InChI is InChI=1S/C45H27NO2/c1-2-12-28(13-3-1)46(30-22-24-34-33-16-6-10-20-40(33)47-42(34)27-30)29-23-25-39-36(26-29)43-35-17-7-11-21-41(35)48-44(43)45(39)37-18-8-4-14-31(37)32-15-5-9-19-38(32)45/h1-27H. The molecule has 2 heterocycles. The predicted octanol–water partition coefficient (Wildman–Crippen LogP) is 12.1. The zero-order chi connectivity index (χ0) is 31.4. The highest BCUT2D eigenvalue weighted by molar-refractivity contribution is 6.07. The number of hydrogen-bond acceptors (Lipinski definition) is 3. The van der Waals surface area contributed by atoms with E-state index in [0.29, 0.717) is 0 Å². The number of para-hydroxylation sites is 3. The van der Waals surface area contributed by atoms with Crippen LogP contribution < -0.4 is 4.90 Å². The third-order valence-electron chi connectivity index (χ3n) is 10.5. The summed E-state index contributed by atoms with van der Waals surface area (Å²) in [5.41, 5.74) is 14.0. The van der Waals surface area contributed by atoms with Crippen molar-refractivity contribution in [2.45, 2.75) is 5.41 Å². The number of nitrogens with zero attached hydrogens (tertiary/aromatic N) is 1. The van der Waals surface area contributed by atoms with E-state index >= 15 is 0 Å². The molecule has 2 aliphatic rings. The van der Waals surface area contributed by atoms with Crippen LogP contribution in [0.15, 0.2) is 173 Å². The molecule has 2 aromatic heterocycles. The molecule has 48 heavy (non-hydrogen) atoms. The highest BCUT2D eigenvalue weighted by Crippen LogP contribution is 2.65. The van der Waals surface area contributed by atoms with Gasteiger partial charge in [0.05, 0.1) is 0 Å². The molecule has 0 aliphatic heterocycles. The van der Waals surface area contributed by atoms with Gasteiger partial charge in [0.25, 0.3) is 0 Å². The summed E-state index contributed by atoms with van der Waals surface area (Å²) in [5, 5.41) is 3.38. The van der Waals surface area contributed by atoms with Crippen molar-refractivity contribution in [2.24, 2.45) is 0 Å². The fraction of sp³-hybridized carbons (Fsp3) is 0.0222. The Labute approximate surface area is 276 Å². The molecular formula is C45H27NO2. The first-order chi connectivity index (χ1) is 23.8. The Morgan fingerprint density at radius 3 is 1.71 bits per heavy atom. The number of hydrogen-bond donors (Lipinski definition) is 0. The summed E-state index contributed by atoms with van der Waals surface area (Å²) in [6, 6.07) is 58.5. The van der Waals surface area contributed by atoms with Gasteiger partial charge in [0.1, 0.15) is 27.9 Å². The van der Waals surface area contributed by atoms with Crippen LogP contribution >= 0.6 is 0 Å². The van der Waals surface area contributed by atoms with E-state index in [4.69, 9.17) is 8.83 Å². The smallest absolute Gasteiger partial charge is 0.137 e. The zero-order valence-corrected chi connectivity index (χ0v) is 25.9. The van der Waals surface area contributed by atoms with Gasteiger partial charge in [-0.05, 0) is 81.9 Å². The third-order valence-corrected chi connectivity index (χ3v) is 10.5. The summed E-state index contributed by atoms with van der Waals surface area (Å²) in [6.07, 6.45) is 0. The maximum atomic E-state index is 6.97. The topological polar surface area (TPSA) is 29.5 Å². The Morgan fingerprint density at radius 2 is 0.938 bits per heavy atom. The van der Waals surface area contributed by atoms with Crippen LogP contribution in [-0.4, -0.2) is 0 Å². The lowest BCUT2D eigenvalue weighted by molar-refractivity contribution is 0.507. The lowest BCUT2D eigenvalue weighted by Crippen LogP contribution is -2.25. The van der Waals surface area contributed by atoms with Gasteiger partial charge in [-0.15, -0.1) is 0 Å². The Morgan fingerprint density at radius 1 is 0.375 bits per heavy atom. The summed E-state index contributed by atoms with van der Waals surface area (Å²) in [4.78, 5) is 2.33. The molecule has 0 unspecified atom stereocenters. The minimum absolute atomic E-state index is 0.542. The van der Waals surface area contributed by atoms with Crippen LogP contribution in [0.5, 0.6) is 0 Å². The number of benzene rings is 7. The number of rotatable bonds is 3. The third kappa shape index (κ3) is 3.22. The monoisotopic (exact) mass is 613 g/mol. The lowest BCUT2D eigenvalue weighted by atomic mass is 9.73. The Balaban J connectivity index is 1.20. The van der Waals surface area contributed by atoms with Gasteiger partial charge < -0.3 is 13.7 Å². The zero-order valence-electron chi connectivity index (χ0n) is 25.9. The minimum atomic E-state index is -0.542. The molecule has 0 N–H and O–H groups in total. The Hall–Kier alpha value is -6.32. The van der Waals surface area contributed by atoms with Crippen molar-refractivity contribution in [3.63, 3.8) is 0 Å². The minimum Gasteiger partial charge on any atom is -0.459 e. The maximum Gasteiger partial charge on any atom is 0.137 e. The largest absolute Gasteiger partial charge is 0.459 e. The second-order valence-corrected chi connectivity index (χ2v) is 12.8. The second-order valence-electron chi connectivity index (χ2n) is 12.8. The van der Waals surface area contributed by atoms with Gasteiger partial charge in [-0.1, -0.05) is 109 Å². The van der Waals surface area contributed by atoms with Crippen molar-refractivity contribution in [1.82, 2.24) is 0 Å². The molecule has 0 bridgehead atoms. The van der Waals surface area contributed by atoms with E-state index < -0.39 is 5.41 Å². The van der Waals surface area contributed by atoms with Gasteiger partial charge in [0.15, 0.2) is 0 Å².